The summed E-state index contributed by atoms with van der Waals surface area (Å²) in [5.41, 5.74) is 0.237. The van der Waals surface area contributed by atoms with Crippen molar-refractivity contribution in [2.75, 3.05) is 0 Å². The Balaban J connectivity index is 2.22. The van der Waals surface area contributed by atoms with Gasteiger partial charge in [0.15, 0.2) is 10.6 Å². The molecule has 3 aromatic rings. The molecule has 0 atom stereocenters. The summed E-state index contributed by atoms with van der Waals surface area (Å²) in [6.07, 6.45) is 5.32. The minimum Gasteiger partial charge on any atom is -0.302 e. The second kappa shape index (κ2) is 6.96. The molecule has 0 aliphatic heterocycles. The third kappa shape index (κ3) is 3.45. The predicted molar refractivity (Wildman–Crippen MR) is 94.9 cm³/mol. The van der Waals surface area contributed by atoms with Crippen molar-refractivity contribution in [3.8, 4) is 12.3 Å². The molecule has 2 aromatic carbocycles. The summed E-state index contributed by atoms with van der Waals surface area (Å²) in [4.78, 5) is 16.5. The van der Waals surface area contributed by atoms with Gasteiger partial charge in [0.2, 0.25) is 0 Å². The van der Waals surface area contributed by atoms with Gasteiger partial charge in [0.25, 0.3) is 5.91 Å². The van der Waals surface area contributed by atoms with E-state index in [1.165, 1.54) is 22.8 Å². The second-order valence-electron chi connectivity index (χ2n) is 4.95. The molecule has 1 amide bonds. The Bertz CT molecular complexity index is 1110. The van der Waals surface area contributed by atoms with Gasteiger partial charge in [-0.25, -0.2) is 8.78 Å². The van der Waals surface area contributed by atoms with Gasteiger partial charge in [-0.15, -0.1) is 6.42 Å². The fourth-order valence-electron chi connectivity index (χ4n) is 2.26. The van der Waals surface area contributed by atoms with E-state index in [2.05, 4.69) is 10.9 Å². The van der Waals surface area contributed by atoms with Gasteiger partial charge in [-0.2, -0.15) is 4.99 Å². The molecular weight excluding hydrogens is 389 g/mol. The Morgan fingerprint density at radius 1 is 1.28 bits per heavy atom. The van der Waals surface area contributed by atoms with Crippen LogP contribution in [0.5, 0.6) is 0 Å². The zero-order valence-corrected chi connectivity index (χ0v) is 14.7. The molecule has 1 aromatic heterocycles. The first-order valence-electron chi connectivity index (χ1n) is 6.86. The fourth-order valence-corrected chi connectivity index (χ4v) is 3.82. The Kier molecular flexibility index (Phi) is 4.91. The molecule has 0 radical (unpaired) electrons. The van der Waals surface area contributed by atoms with Gasteiger partial charge in [-0.3, -0.25) is 4.79 Å². The standard InChI is InChI=1S/C17H8Cl2F2N2OS/c1-2-5-23-15-13(21)7-10(20)8-14(15)25-17(23)22-16(24)11-4-3-9(18)6-12(11)19/h1,3-4,6-8H,5H2. The number of benzene rings is 2. The Morgan fingerprint density at radius 2 is 2.04 bits per heavy atom. The number of aromatic nitrogens is 1. The van der Waals surface area contributed by atoms with Crippen molar-refractivity contribution in [1.29, 1.82) is 0 Å². The lowest BCUT2D eigenvalue weighted by Gasteiger charge is -2.02. The molecule has 0 N–H and O–H groups in total. The van der Waals surface area contributed by atoms with Crippen LogP contribution in [0.2, 0.25) is 10.0 Å². The number of fused-ring (bicyclic) bond motifs is 1. The van der Waals surface area contributed by atoms with Crippen LogP contribution in [0.4, 0.5) is 8.78 Å². The highest BCUT2D eigenvalue weighted by Crippen LogP contribution is 2.24. The van der Waals surface area contributed by atoms with E-state index in [0.717, 1.165) is 23.5 Å². The van der Waals surface area contributed by atoms with E-state index in [4.69, 9.17) is 29.6 Å². The van der Waals surface area contributed by atoms with Crippen molar-refractivity contribution in [2.24, 2.45) is 4.99 Å². The number of halogens is 4. The first-order chi connectivity index (χ1) is 11.9. The number of hydrogen-bond donors (Lipinski definition) is 0. The summed E-state index contributed by atoms with van der Waals surface area (Å²) in [6.45, 7) is -0.0248. The van der Waals surface area contributed by atoms with E-state index < -0.39 is 17.5 Å². The van der Waals surface area contributed by atoms with Crippen molar-refractivity contribution in [3.05, 3.63) is 62.4 Å². The largest absolute Gasteiger partial charge is 0.302 e. The second-order valence-corrected chi connectivity index (χ2v) is 6.80. The maximum atomic E-state index is 14.1. The van der Waals surface area contributed by atoms with E-state index >= 15 is 0 Å². The van der Waals surface area contributed by atoms with Gasteiger partial charge in [0.1, 0.15) is 5.82 Å². The lowest BCUT2D eigenvalue weighted by atomic mass is 10.2. The van der Waals surface area contributed by atoms with Gasteiger partial charge in [-0.1, -0.05) is 40.5 Å². The molecule has 0 saturated heterocycles. The molecule has 1 heterocycles. The summed E-state index contributed by atoms with van der Waals surface area (Å²) in [6, 6.07) is 6.28. The van der Waals surface area contributed by atoms with E-state index in [1.54, 1.807) is 0 Å². The molecule has 0 unspecified atom stereocenters. The van der Waals surface area contributed by atoms with E-state index in [9.17, 15) is 13.6 Å². The topological polar surface area (TPSA) is 34.4 Å². The van der Waals surface area contributed by atoms with Crippen LogP contribution in [0.1, 0.15) is 10.4 Å². The molecule has 3 nitrogen and oxygen atoms in total. The normalized spacial score (nSPS) is 11.7. The van der Waals surface area contributed by atoms with Crippen LogP contribution < -0.4 is 4.80 Å². The SMILES string of the molecule is C#CCn1c(=NC(=O)c2ccc(Cl)cc2Cl)sc2cc(F)cc(F)c21. The minimum absolute atomic E-state index is 0.0248. The van der Waals surface area contributed by atoms with Crippen molar-refractivity contribution >= 4 is 50.7 Å². The van der Waals surface area contributed by atoms with Gasteiger partial charge in [0, 0.05) is 11.1 Å². The van der Waals surface area contributed by atoms with Crippen molar-refractivity contribution in [1.82, 2.24) is 4.57 Å². The smallest absolute Gasteiger partial charge is 0.281 e. The zero-order valence-electron chi connectivity index (χ0n) is 12.4. The quantitative estimate of drug-likeness (QED) is 0.579. The molecule has 3 rings (SSSR count). The molecule has 0 fully saturated rings. The average molecular weight is 397 g/mol. The van der Waals surface area contributed by atoms with E-state index in [0.29, 0.717) is 9.72 Å². The number of carbonyl (C=O) groups is 1. The molecule has 0 saturated carbocycles. The van der Waals surface area contributed by atoms with E-state index in [-0.39, 0.29) is 27.4 Å². The Morgan fingerprint density at radius 3 is 2.72 bits per heavy atom. The zero-order chi connectivity index (χ0) is 18.1. The monoisotopic (exact) mass is 396 g/mol. The summed E-state index contributed by atoms with van der Waals surface area (Å²) in [5, 5.41) is 0.520. The van der Waals surface area contributed by atoms with Gasteiger partial charge < -0.3 is 4.57 Å². The number of amides is 1. The highest BCUT2D eigenvalue weighted by atomic mass is 35.5. The molecule has 0 aliphatic carbocycles. The number of thiazole rings is 1. The number of rotatable bonds is 2. The van der Waals surface area contributed by atoms with Gasteiger partial charge in [0.05, 0.1) is 27.3 Å². The maximum Gasteiger partial charge on any atom is 0.281 e. The van der Waals surface area contributed by atoms with Crippen LogP contribution in [-0.4, -0.2) is 10.5 Å². The maximum absolute atomic E-state index is 14.1. The predicted octanol–water partition coefficient (Wildman–Crippen LogP) is 4.66. The highest BCUT2D eigenvalue weighted by Gasteiger charge is 2.15. The first-order valence-corrected chi connectivity index (χ1v) is 8.44. The summed E-state index contributed by atoms with van der Waals surface area (Å²) in [5.74, 6) is 0.230. The number of hydrogen-bond acceptors (Lipinski definition) is 2. The average Bonchev–Trinajstić information content (AvgIpc) is 2.85. The molecule has 126 valence electrons. The fraction of sp³-hybridized carbons (Fsp3) is 0.0588. The van der Waals surface area contributed by atoms with Crippen molar-refractivity contribution in [2.45, 2.75) is 6.54 Å². The molecular formula is C17H8Cl2F2N2OS. The van der Waals surface area contributed by atoms with Crippen LogP contribution >= 0.6 is 34.5 Å². The molecule has 0 aliphatic rings. The van der Waals surface area contributed by atoms with Gasteiger partial charge >= 0.3 is 0 Å². The molecule has 25 heavy (non-hydrogen) atoms. The highest BCUT2D eigenvalue weighted by molar-refractivity contribution is 7.16. The number of carbonyl (C=O) groups excluding carboxylic acids is 1. The minimum atomic E-state index is -0.778. The van der Waals surface area contributed by atoms with Crippen LogP contribution in [0.25, 0.3) is 10.2 Å². The van der Waals surface area contributed by atoms with Gasteiger partial charge in [-0.05, 0) is 24.3 Å². The summed E-state index contributed by atoms with van der Waals surface area (Å²) < 4.78 is 29.2. The lowest BCUT2D eigenvalue weighted by molar-refractivity contribution is 0.0998. The lowest BCUT2D eigenvalue weighted by Crippen LogP contribution is -2.17. The first kappa shape index (κ1) is 17.6. The summed E-state index contributed by atoms with van der Waals surface area (Å²) in [7, 11) is 0. The number of nitrogens with zero attached hydrogens (tertiary/aromatic N) is 2. The summed E-state index contributed by atoms with van der Waals surface area (Å²) >= 11 is 12.8. The van der Waals surface area contributed by atoms with Crippen LogP contribution in [-0.2, 0) is 6.54 Å². The number of terminal acetylenes is 1. The third-order valence-corrected chi connectivity index (χ3v) is 4.88. The van der Waals surface area contributed by atoms with Crippen LogP contribution in [0.15, 0.2) is 35.3 Å². The van der Waals surface area contributed by atoms with Crippen LogP contribution in [0, 0.1) is 24.0 Å². The Hall–Kier alpha value is -2.20. The molecule has 0 bridgehead atoms. The third-order valence-electron chi connectivity index (χ3n) is 3.30. The van der Waals surface area contributed by atoms with Crippen molar-refractivity contribution < 1.29 is 13.6 Å². The van der Waals surface area contributed by atoms with Crippen LogP contribution in [0.3, 0.4) is 0 Å². The Labute approximate surface area is 155 Å². The van der Waals surface area contributed by atoms with E-state index in [1.807, 2.05) is 0 Å². The molecule has 0 spiro atoms. The van der Waals surface area contributed by atoms with Crippen molar-refractivity contribution in [3.63, 3.8) is 0 Å². The molecule has 8 heteroatoms.